The Labute approximate surface area is 170 Å². The van der Waals surface area contributed by atoms with Gasteiger partial charge in [0.25, 0.3) is 0 Å². The van der Waals surface area contributed by atoms with Crippen molar-refractivity contribution >= 4 is 23.1 Å². The van der Waals surface area contributed by atoms with Crippen LogP contribution in [0.5, 0.6) is 11.5 Å². The Kier molecular flexibility index (Phi) is 8.70. The molecule has 2 rings (SSSR count). The summed E-state index contributed by atoms with van der Waals surface area (Å²) >= 11 is 1.43. The molecule has 0 aliphatic heterocycles. The van der Waals surface area contributed by atoms with Crippen molar-refractivity contribution in [1.82, 2.24) is 0 Å². The van der Waals surface area contributed by atoms with Crippen LogP contribution in [0.25, 0.3) is 0 Å². The Morgan fingerprint density at radius 2 is 2.11 bits per heavy atom. The number of hydrogen-bond donors (Lipinski definition) is 1. The molecular weight excluding hydrogens is 370 g/mol. The van der Waals surface area contributed by atoms with Crippen molar-refractivity contribution in [2.45, 2.75) is 12.2 Å². The number of terminal acetylenes is 1. The van der Waals surface area contributed by atoms with Crippen LogP contribution in [0.15, 0.2) is 65.3 Å². The number of rotatable bonds is 9. The third-order valence-electron chi connectivity index (χ3n) is 3.63. The molecule has 2 N–H and O–H groups in total. The van der Waals surface area contributed by atoms with E-state index in [4.69, 9.17) is 21.6 Å². The van der Waals surface area contributed by atoms with Gasteiger partial charge in [-0.3, -0.25) is 0 Å². The summed E-state index contributed by atoms with van der Waals surface area (Å²) in [6, 6.07) is 13.8. The number of benzene rings is 2. The van der Waals surface area contributed by atoms with Crippen LogP contribution >= 0.6 is 11.8 Å². The van der Waals surface area contributed by atoms with Crippen molar-refractivity contribution in [2.24, 2.45) is 15.9 Å². The Morgan fingerprint density at radius 1 is 1.32 bits per heavy atom. The first kappa shape index (κ1) is 21.1. The van der Waals surface area contributed by atoms with Gasteiger partial charge in [0, 0.05) is 11.3 Å². The molecule has 0 aromatic heterocycles. The van der Waals surface area contributed by atoms with Crippen LogP contribution in [0.3, 0.4) is 0 Å². The van der Waals surface area contributed by atoms with Gasteiger partial charge < -0.3 is 15.2 Å². The van der Waals surface area contributed by atoms with Crippen molar-refractivity contribution in [1.29, 1.82) is 0 Å². The average molecular weight is 394 g/mol. The monoisotopic (exact) mass is 393 g/mol. The molecule has 0 aliphatic carbocycles. The third-order valence-corrected chi connectivity index (χ3v) is 4.49. The second kappa shape index (κ2) is 11.5. The quantitative estimate of drug-likeness (QED) is 0.230. The first-order valence-electron chi connectivity index (χ1n) is 8.59. The van der Waals surface area contributed by atoms with E-state index in [2.05, 4.69) is 22.7 Å². The molecule has 0 unspecified atom stereocenters. The number of nitrogens with zero attached hydrogens (tertiary/aromatic N) is 2. The molecule has 0 saturated carbocycles. The lowest BCUT2D eigenvalue weighted by molar-refractivity contribution is 0.328. The Hall–Kier alpha value is -3.17. The molecule has 0 atom stereocenters. The molecule has 0 aliphatic rings. The summed E-state index contributed by atoms with van der Waals surface area (Å²) in [6.07, 6.45) is 9.31. The lowest BCUT2D eigenvalue weighted by atomic mass is 10.1. The highest BCUT2D eigenvalue weighted by atomic mass is 32.2. The van der Waals surface area contributed by atoms with Crippen molar-refractivity contribution < 1.29 is 9.47 Å². The molecule has 144 valence electrons. The average Bonchev–Trinajstić information content (AvgIpc) is 2.72. The number of hydrogen-bond acceptors (Lipinski definition) is 5. The predicted molar refractivity (Wildman–Crippen MR) is 118 cm³/mol. The number of thioether (sulfide) groups is 1. The third kappa shape index (κ3) is 6.53. The second-order valence-electron chi connectivity index (χ2n) is 5.65. The van der Waals surface area contributed by atoms with Gasteiger partial charge in [0.1, 0.15) is 6.61 Å². The normalized spacial score (nSPS) is 11.2. The van der Waals surface area contributed by atoms with Crippen molar-refractivity contribution in [3.63, 3.8) is 0 Å². The number of allylic oxidation sites excluding steroid dienone is 1. The number of nitrogens with two attached hydrogens (primary N) is 1. The van der Waals surface area contributed by atoms with E-state index >= 15 is 0 Å². The second-order valence-corrected chi connectivity index (χ2v) is 6.65. The van der Waals surface area contributed by atoms with Crippen LogP contribution < -0.4 is 15.2 Å². The van der Waals surface area contributed by atoms with Crippen LogP contribution in [0.4, 0.5) is 0 Å². The Morgan fingerprint density at radius 3 is 2.79 bits per heavy atom. The van der Waals surface area contributed by atoms with E-state index in [1.807, 2.05) is 42.5 Å². The predicted octanol–water partition coefficient (Wildman–Crippen LogP) is 4.02. The molecule has 0 bridgehead atoms. The lowest BCUT2D eigenvalue weighted by Crippen LogP contribution is -2.06. The summed E-state index contributed by atoms with van der Waals surface area (Å²) in [7, 11) is 1.58. The van der Waals surface area contributed by atoms with E-state index in [-0.39, 0.29) is 6.61 Å². The minimum absolute atomic E-state index is 0.160. The number of amidine groups is 1. The molecule has 0 spiro atoms. The van der Waals surface area contributed by atoms with E-state index in [0.29, 0.717) is 23.1 Å². The van der Waals surface area contributed by atoms with Gasteiger partial charge in [-0.15, -0.1) is 18.1 Å². The highest BCUT2D eigenvalue weighted by Crippen LogP contribution is 2.33. The molecule has 2 aromatic carbocycles. The Balaban J connectivity index is 2.12. The number of ether oxygens (including phenoxy) is 2. The fourth-order valence-corrected chi connectivity index (χ4v) is 3.02. The zero-order valence-electron chi connectivity index (χ0n) is 15.8. The van der Waals surface area contributed by atoms with Crippen molar-refractivity contribution in [3.8, 4) is 23.8 Å². The highest BCUT2D eigenvalue weighted by molar-refractivity contribution is 8.13. The van der Waals surface area contributed by atoms with E-state index < -0.39 is 0 Å². The van der Waals surface area contributed by atoms with Gasteiger partial charge in [0.15, 0.2) is 16.7 Å². The van der Waals surface area contributed by atoms with Gasteiger partial charge >= 0.3 is 0 Å². The first-order chi connectivity index (χ1) is 13.7. The molecule has 0 saturated heterocycles. The minimum Gasteiger partial charge on any atom is -0.493 e. The van der Waals surface area contributed by atoms with E-state index in [9.17, 15) is 0 Å². The lowest BCUT2D eigenvalue weighted by Gasteiger charge is -2.14. The summed E-state index contributed by atoms with van der Waals surface area (Å²) in [5.41, 5.74) is 8.81. The van der Waals surface area contributed by atoms with Crippen LogP contribution in [-0.2, 0) is 12.2 Å². The zero-order chi connectivity index (χ0) is 20.2. The SMILES string of the molecule is C#CCOc1c(CC=C)cc(C=NN=C(N)SCc2ccccc2)cc1OC. The largest absolute Gasteiger partial charge is 0.493 e. The molecule has 28 heavy (non-hydrogen) atoms. The van der Waals surface area contributed by atoms with Gasteiger partial charge in [-0.1, -0.05) is 54.1 Å². The van der Waals surface area contributed by atoms with Crippen LogP contribution in [-0.4, -0.2) is 25.1 Å². The van der Waals surface area contributed by atoms with Crippen LogP contribution in [0.2, 0.25) is 0 Å². The molecule has 0 heterocycles. The summed E-state index contributed by atoms with van der Waals surface area (Å²) in [4.78, 5) is 0. The van der Waals surface area contributed by atoms with Crippen LogP contribution in [0.1, 0.15) is 16.7 Å². The highest BCUT2D eigenvalue weighted by Gasteiger charge is 2.12. The molecule has 5 nitrogen and oxygen atoms in total. The van der Waals surface area contributed by atoms with Gasteiger partial charge in [-0.2, -0.15) is 5.10 Å². The molecule has 6 heteroatoms. The van der Waals surface area contributed by atoms with Gasteiger partial charge in [0.05, 0.1) is 13.3 Å². The standard InChI is InChI=1S/C22H23N3O2S/c1-4-9-19-13-18(14-20(26-3)21(19)27-12-5-2)15-24-25-22(23)28-16-17-10-7-6-8-11-17/h2,4,6-8,10-11,13-15H,1,9,12,16H2,3H3,(H2,23,25). The fraction of sp³-hybridized carbons (Fsp3) is 0.182. The zero-order valence-corrected chi connectivity index (χ0v) is 16.6. The maximum absolute atomic E-state index is 5.92. The molecule has 2 aromatic rings. The van der Waals surface area contributed by atoms with Crippen molar-refractivity contribution in [2.75, 3.05) is 13.7 Å². The molecular formula is C22H23N3O2S. The Bertz CT molecular complexity index is 887. The number of methoxy groups -OCH3 is 1. The summed E-state index contributed by atoms with van der Waals surface area (Å²) < 4.78 is 11.1. The summed E-state index contributed by atoms with van der Waals surface area (Å²) in [5.74, 6) is 4.38. The fourth-order valence-electron chi connectivity index (χ4n) is 2.41. The molecule has 0 amide bonds. The molecule has 0 radical (unpaired) electrons. The summed E-state index contributed by atoms with van der Waals surface area (Å²) in [6.45, 7) is 3.94. The summed E-state index contributed by atoms with van der Waals surface area (Å²) in [5, 5.41) is 8.53. The van der Waals surface area contributed by atoms with Crippen molar-refractivity contribution in [3.05, 3.63) is 71.8 Å². The maximum atomic E-state index is 5.92. The van der Waals surface area contributed by atoms with E-state index in [1.165, 1.54) is 17.3 Å². The van der Waals surface area contributed by atoms with Crippen LogP contribution in [0, 0.1) is 12.3 Å². The van der Waals surface area contributed by atoms with Gasteiger partial charge in [-0.25, -0.2) is 0 Å². The molecule has 0 fully saturated rings. The van der Waals surface area contributed by atoms with E-state index in [0.717, 1.165) is 16.9 Å². The van der Waals surface area contributed by atoms with E-state index in [1.54, 1.807) is 19.4 Å². The minimum atomic E-state index is 0.160. The maximum Gasteiger partial charge on any atom is 0.180 e. The topological polar surface area (TPSA) is 69.2 Å². The smallest absolute Gasteiger partial charge is 0.180 e. The first-order valence-corrected chi connectivity index (χ1v) is 9.57. The van der Waals surface area contributed by atoms with Gasteiger partial charge in [-0.05, 0) is 29.7 Å². The van der Waals surface area contributed by atoms with Gasteiger partial charge in [0.2, 0.25) is 0 Å².